The van der Waals surface area contributed by atoms with E-state index in [4.69, 9.17) is 5.26 Å². The number of hydrogen-bond acceptors (Lipinski definition) is 4. The van der Waals surface area contributed by atoms with E-state index in [1.165, 1.54) is 0 Å². The van der Waals surface area contributed by atoms with Crippen molar-refractivity contribution in [1.29, 1.82) is 5.26 Å². The highest BCUT2D eigenvalue weighted by Gasteiger charge is 2.24. The summed E-state index contributed by atoms with van der Waals surface area (Å²) in [6.45, 7) is 3.75. The standard InChI is InChI=1S/C21H21N5O/c1-14-24-19-11-15(12-22)3-8-20(19)26(14)17-6-4-16(5-7-17)21(27)25(2)18-9-10-23-13-18/h3-8,11,18,23H,9-10,13H2,1-2H3. The van der Waals surface area contributed by atoms with Gasteiger partial charge in [-0.1, -0.05) is 0 Å². The van der Waals surface area contributed by atoms with Gasteiger partial charge in [0.25, 0.3) is 5.91 Å². The van der Waals surface area contributed by atoms with E-state index in [-0.39, 0.29) is 11.9 Å². The van der Waals surface area contributed by atoms with Gasteiger partial charge in [0.15, 0.2) is 0 Å². The van der Waals surface area contributed by atoms with Crippen LogP contribution in [0.3, 0.4) is 0 Å². The number of carbonyl (C=O) groups is 1. The summed E-state index contributed by atoms with van der Waals surface area (Å²) in [6.07, 6.45) is 0.991. The summed E-state index contributed by atoms with van der Waals surface area (Å²) < 4.78 is 2.04. The van der Waals surface area contributed by atoms with E-state index in [1.807, 2.05) is 53.8 Å². The number of nitrogens with one attached hydrogen (secondary N) is 1. The van der Waals surface area contributed by atoms with Crippen molar-refractivity contribution in [3.63, 3.8) is 0 Å². The summed E-state index contributed by atoms with van der Waals surface area (Å²) in [6, 6.07) is 15.5. The number of nitriles is 1. The molecule has 1 atom stereocenters. The first-order valence-corrected chi connectivity index (χ1v) is 9.06. The molecule has 4 rings (SSSR count). The van der Waals surface area contributed by atoms with Crippen molar-refractivity contribution >= 4 is 16.9 Å². The van der Waals surface area contributed by atoms with Gasteiger partial charge in [0, 0.05) is 30.9 Å². The highest BCUT2D eigenvalue weighted by Crippen LogP contribution is 2.23. The van der Waals surface area contributed by atoms with Crippen LogP contribution in [-0.2, 0) is 0 Å². The molecule has 27 heavy (non-hydrogen) atoms. The predicted octanol–water partition coefficient (Wildman–Crippen LogP) is 2.64. The van der Waals surface area contributed by atoms with Crippen molar-refractivity contribution in [3.05, 3.63) is 59.4 Å². The first-order valence-electron chi connectivity index (χ1n) is 9.06. The van der Waals surface area contributed by atoms with E-state index in [9.17, 15) is 4.79 Å². The number of benzene rings is 2. The van der Waals surface area contributed by atoms with Crippen LogP contribution in [0, 0.1) is 18.3 Å². The molecule has 1 aliphatic heterocycles. The molecule has 3 aromatic rings. The summed E-state index contributed by atoms with van der Waals surface area (Å²) in [5, 5.41) is 12.4. The number of fused-ring (bicyclic) bond motifs is 1. The van der Waals surface area contributed by atoms with Crippen LogP contribution in [0.25, 0.3) is 16.7 Å². The molecule has 1 amide bonds. The maximum absolute atomic E-state index is 12.7. The third-order valence-electron chi connectivity index (χ3n) is 5.23. The molecule has 1 saturated heterocycles. The van der Waals surface area contributed by atoms with E-state index >= 15 is 0 Å². The van der Waals surface area contributed by atoms with Crippen molar-refractivity contribution in [2.75, 3.05) is 20.1 Å². The molecule has 0 aliphatic carbocycles. The molecule has 0 spiro atoms. The maximum atomic E-state index is 12.7. The van der Waals surface area contributed by atoms with Crippen LogP contribution in [0.5, 0.6) is 0 Å². The molecule has 1 N–H and O–H groups in total. The van der Waals surface area contributed by atoms with Crippen molar-refractivity contribution < 1.29 is 4.79 Å². The SMILES string of the molecule is Cc1nc2cc(C#N)ccc2n1-c1ccc(C(=O)N(C)C2CCNC2)cc1. The first kappa shape index (κ1) is 17.3. The molecule has 6 heteroatoms. The lowest BCUT2D eigenvalue weighted by atomic mass is 10.1. The van der Waals surface area contributed by atoms with E-state index in [0.717, 1.165) is 42.1 Å². The molecule has 2 aromatic carbocycles. The zero-order valence-corrected chi connectivity index (χ0v) is 15.4. The zero-order valence-electron chi connectivity index (χ0n) is 15.4. The second-order valence-corrected chi connectivity index (χ2v) is 6.92. The Balaban J connectivity index is 1.64. The number of nitrogens with zero attached hydrogens (tertiary/aromatic N) is 4. The van der Waals surface area contributed by atoms with Gasteiger partial charge in [0.05, 0.1) is 22.7 Å². The normalized spacial score (nSPS) is 16.4. The Morgan fingerprint density at radius 1 is 1.30 bits per heavy atom. The van der Waals surface area contributed by atoms with Crippen LogP contribution in [-0.4, -0.2) is 46.5 Å². The Labute approximate surface area is 158 Å². The largest absolute Gasteiger partial charge is 0.337 e. The van der Waals surface area contributed by atoms with Gasteiger partial charge in [-0.05, 0) is 62.4 Å². The maximum Gasteiger partial charge on any atom is 0.253 e. The molecule has 2 heterocycles. The lowest BCUT2D eigenvalue weighted by molar-refractivity contribution is 0.0744. The summed E-state index contributed by atoms with van der Waals surface area (Å²) in [5.41, 5.74) is 3.96. The lowest BCUT2D eigenvalue weighted by Gasteiger charge is -2.24. The minimum absolute atomic E-state index is 0.0427. The van der Waals surface area contributed by atoms with Crippen LogP contribution >= 0.6 is 0 Å². The number of imidazole rings is 1. The van der Waals surface area contributed by atoms with Gasteiger partial charge in [-0.15, -0.1) is 0 Å². The number of aromatic nitrogens is 2. The Hall–Kier alpha value is -3.17. The molecule has 0 radical (unpaired) electrons. The van der Waals surface area contributed by atoms with Crippen molar-refractivity contribution in [2.45, 2.75) is 19.4 Å². The second kappa shape index (κ2) is 6.86. The summed E-state index contributed by atoms with van der Waals surface area (Å²) in [7, 11) is 1.87. The summed E-state index contributed by atoms with van der Waals surface area (Å²) >= 11 is 0. The van der Waals surface area contributed by atoms with Gasteiger partial charge >= 0.3 is 0 Å². The topological polar surface area (TPSA) is 74.0 Å². The van der Waals surface area contributed by atoms with Gasteiger partial charge in [-0.2, -0.15) is 5.26 Å². The number of rotatable bonds is 3. The highest BCUT2D eigenvalue weighted by atomic mass is 16.2. The number of likely N-dealkylation sites (N-methyl/N-ethyl adjacent to an activating group) is 1. The molecular weight excluding hydrogens is 338 g/mol. The molecule has 1 aromatic heterocycles. The molecular formula is C21H21N5O. The second-order valence-electron chi connectivity index (χ2n) is 6.92. The van der Waals surface area contributed by atoms with Crippen molar-refractivity contribution in [3.8, 4) is 11.8 Å². The van der Waals surface area contributed by atoms with E-state index < -0.39 is 0 Å². The van der Waals surface area contributed by atoms with Crippen LogP contribution in [0.4, 0.5) is 0 Å². The molecule has 0 saturated carbocycles. The Bertz CT molecular complexity index is 1040. The Morgan fingerprint density at radius 2 is 2.07 bits per heavy atom. The average molecular weight is 359 g/mol. The van der Waals surface area contributed by atoms with Gasteiger partial charge in [0.2, 0.25) is 0 Å². The molecule has 6 nitrogen and oxygen atoms in total. The molecule has 136 valence electrons. The van der Waals surface area contributed by atoms with E-state index in [0.29, 0.717) is 11.1 Å². The zero-order chi connectivity index (χ0) is 19.0. The fourth-order valence-corrected chi connectivity index (χ4v) is 3.69. The highest BCUT2D eigenvalue weighted by molar-refractivity contribution is 5.94. The third-order valence-corrected chi connectivity index (χ3v) is 5.23. The van der Waals surface area contributed by atoms with Crippen LogP contribution < -0.4 is 5.32 Å². The minimum Gasteiger partial charge on any atom is -0.337 e. The van der Waals surface area contributed by atoms with Crippen LogP contribution in [0.1, 0.15) is 28.2 Å². The number of carbonyl (C=O) groups excluding carboxylic acids is 1. The summed E-state index contributed by atoms with van der Waals surface area (Å²) in [4.78, 5) is 19.1. The van der Waals surface area contributed by atoms with Gasteiger partial charge in [0.1, 0.15) is 5.82 Å². The quantitative estimate of drug-likeness (QED) is 0.780. The Kier molecular flexibility index (Phi) is 4.38. The number of hydrogen-bond donors (Lipinski definition) is 1. The van der Waals surface area contributed by atoms with Gasteiger partial charge in [-0.25, -0.2) is 4.98 Å². The van der Waals surface area contributed by atoms with Gasteiger partial charge in [-0.3, -0.25) is 9.36 Å². The number of aryl methyl sites for hydroxylation is 1. The van der Waals surface area contributed by atoms with Crippen LogP contribution in [0.2, 0.25) is 0 Å². The third kappa shape index (κ3) is 3.07. The molecule has 1 fully saturated rings. The fraction of sp³-hybridized carbons (Fsp3) is 0.286. The van der Waals surface area contributed by atoms with E-state index in [1.54, 1.807) is 12.1 Å². The van der Waals surface area contributed by atoms with E-state index in [2.05, 4.69) is 16.4 Å². The lowest BCUT2D eigenvalue weighted by Crippen LogP contribution is -2.38. The molecule has 1 aliphatic rings. The first-order chi connectivity index (χ1) is 13.1. The van der Waals surface area contributed by atoms with Crippen LogP contribution in [0.15, 0.2) is 42.5 Å². The fourth-order valence-electron chi connectivity index (χ4n) is 3.69. The average Bonchev–Trinajstić information content (AvgIpc) is 3.33. The minimum atomic E-state index is 0.0427. The smallest absolute Gasteiger partial charge is 0.253 e. The Morgan fingerprint density at radius 3 is 2.74 bits per heavy atom. The molecule has 0 bridgehead atoms. The van der Waals surface area contributed by atoms with Crippen molar-refractivity contribution in [2.24, 2.45) is 0 Å². The number of amides is 1. The summed E-state index contributed by atoms with van der Waals surface area (Å²) in [5.74, 6) is 0.884. The molecule has 1 unspecified atom stereocenters. The monoisotopic (exact) mass is 359 g/mol. The van der Waals surface area contributed by atoms with Crippen molar-refractivity contribution in [1.82, 2.24) is 19.8 Å². The van der Waals surface area contributed by atoms with Gasteiger partial charge < -0.3 is 10.2 Å². The predicted molar refractivity (Wildman–Crippen MR) is 104 cm³/mol.